The monoisotopic (exact) mass is 384 g/mol. The molecule has 0 spiro atoms. The Bertz CT molecular complexity index is 947. The lowest BCUT2D eigenvalue weighted by atomic mass is 9.87. The van der Waals surface area contributed by atoms with E-state index in [1.54, 1.807) is 24.2 Å². The molecule has 1 aromatic carbocycles. The number of hydrogen-bond acceptors (Lipinski definition) is 4. The molecule has 2 aromatic heterocycles. The second-order valence-electron chi connectivity index (χ2n) is 7.48. The molecule has 6 heteroatoms. The van der Waals surface area contributed by atoms with E-state index in [0.29, 0.717) is 17.1 Å². The van der Waals surface area contributed by atoms with Gasteiger partial charge in [-0.15, -0.1) is 11.8 Å². The maximum absolute atomic E-state index is 15.3. The Labute approximate surface area is 163 Å². The summed E-state index contributed by atoms with van der Waals surface area (Å²) in [5.74, 6) is 1.26. The highest BCUT2D eigenvalue weighted by molar-refractivity contribution is 7.98. The van der Waals surface area contributed by atoms with Crippen LogP contribution in [0, 0.1) is 11.7 Å². The van der Waals surface area contributed by atoms with Crippen LogP contribution < -0.4 is 4.90 Å². The Morgan fingerprint density at radius 3 is 2.67 bits per heavy atom. The summed E-state index contributed by atoms with van der Waals surface area (Å²) < 4.78 is 15.3. The van der Waals surface area contributed by atoms with Gasteiger partial charge in [0.2, 0.25) is 5.95 Å². The molecular formula is C21H25FN4S. The molecule has 3 aromatic rings. The first-order chi connectivity index (χ1) is 13.1. The number of thioether (sulfide) groups is 1. The first kappa shape index (κ1) is 18.3. The fourth-order valence-electron chi connectivity index (χ4n) is 3.97. The first-order valence-corrected chi connectivity index (χ1v) is 10.7. The molecule has 27 heavy (non-hydrogen) atoms. The van der Waals surface area contributed by atoms with Crippen molar-refractivity contribution in [2.24, 2.45) is 5.92 Å². The third kappa shape index (κ3) is 3.43. The van der Waals surface area contributed by atoms with E-state index < -0.39 is 0 Å². The predicted octanol–water partition coefficient (Wildman–Crippen LogP) is 5.50. The zero-order valence-corrected chi connectivity index (χ0v) is 16.8. The molecule has 1 aliphatic carbocycles. The summed E-state index contributed by atoms with van der Waals surface area (Å²) >= 11 is 1.59. The number of H-pyrrole nitrogens is 1. The normalized spacial score (nSPS) is 20.1. The highest BCUT2D eigenvalue weighted by Crippen LogP contribution is 2.35. The van der Waals surface area contributed by atoms with Crippen LogP contribution in [0.5, 0.6) is 0 Å². The van der Waals surface area contributed by atoms with Crippen molar-refractivity contribution >= 4 is 28.7 Å². The van der Waals surface area contributed by atoms with E-state index in [9.17, 15) is 0 Å². The lowest BCUT2D eigenvalue weighted by Gasteiger charge is -2.33. The molecule has 4 nitrogen and oxygen atoms in total. The van der Waals surface area contributed by atoms with Gasteiger partial charge in [-0.2, -0.15) is 0 Å². The second kappa shape index (κ2) is 7.50. The summed E-state index contributed by atoms with van der Waals surface area (Å²) in [5, 5.41) is 0. The van der Waals surface area contributed by atoms with Gasteiger partial charge in [-0.05, 0) is 56.1 Å². The number of pyridine rings is 1. The minimum atomic E-state index is -0.288. The number of halogens is 1. The van der Waals surface area contributed by atoms with E-state index >= 15 is 4.39 Å². The van der Waals surface area contributed by atoms with Gasteiger partial charge in [0.25, 0.3) is 0 Å². The lowest BCUT2D eigenvalue weighted by Crippen LogP contribution is -2.35. The lowest BCUT2D eigenvalue weighted by molar-refractivity contribution is 0.339. The molecule has 2 heterocycles. The van der Waals surface area contributed by atoms with Crippen molar-refractivity contribution in [3.8, 4) is 11.1 Å². The van der Waals surface area contributed by atoms with Crippen LogP contribution in [0.2, 0.25) is 0 Å². The number of fused-ring (bicyclic) bond motifs is 1. The van der Waals surface area contributed by atoms with E-state index in [2.05, 4.69) is 33.8 Å². The molecule has 1 N–H and O–H groups in total. The number of benzene rings is 1. The Hall–Kier alpha value is -2.08. The van der Waals surface area contributed by atoms with Crippen molar-refractivity contribution < 1.29 is 4.39 Å². The summed E-state index contributed by atoms with van der Waals surface area (Å²) in [7, 11) is 2.06. The van der Waals surface area contributed by atoms with Crippen LogP contribution in [0.25, 0.3) is 22.2 Å². The summed E-state index contributed by atoms with van der Waals surface area (Å²) in [6.07, 6.45) is 10.3. The summed E-state index contributed by atoms with van der Waals surface area (Å²) in [6.45, 7) is 2.32. The van der Waals surface area contributed by atoms with Crippen molar-refractivity contribution in [3.63, 3.8) is 0 Å². The van der Waals surface area contributed by atoms with E-state index in [-0.39, 0.29) is 5.82 Å². The van der Waals surface area contributed by atoms with Gasteiger partial charge >= 0.3 is 0 Å². The van der Waals surface area contributed by atoms with Gasteiger partial charge in [-0.3, -0.25) is 4.98 Å². The van der Waals surface area contributed by atoms with Crippen LogP contribution in [0.3, 0.4) is 0 Å². The van der Waals surface area contributed by atoms with Crippen molar-refractivity contribution in [1.29, 1.82) is 0 Å². The Balaban J connectivity index is 1.70. The molecule has 1 aliphatic rings. The quantitative estimate of drug-likeness (QED) is 0.603. The van der Waals surface area contributed by atoms with Crippen molar-refractivity contribution in [1.82, 2.24) is 15.0 Å². The highest BCUT2D eigenvalue weighted by atomic mass is 32.2. The second-order valence-corrected chi connectivity index (χ2v) is 8.33. The number of imidazole rings is 1. The van der Waals surface area contributed by atoms with Gasteiger partial charge in [-0.1, -0.05) is 6.92 Å². The predicted molar refractivity (Wildman–Crippen MR) is 111 cm³/mol. The standard InChI is InChI=1S/C21H25FN4S/c1-13-4-6-14(7-5-13)26(2)21-24-17-9-8-15(19(22)20(17)25-21)16-12-23-11-10-18(16)27-3/h8-14H,4-7H2,1-3H3,(H,24,25). The van der Waals surface area contributed by atoms with E-state index in [1.165, 1.54) is 12.8 Å². The van der Waals surface area contributed by atoms with Gasteiger partial charge in [0, 0.05) is 41.5 Å². The third-order valence-corrected chi connectivity index (χ3v) is 6.53. The molecule has 0 bridgehead atoms. The molecule has 0 aliphatic heterocycles. The molecule has 1 saturated carbocycles. The van der Waals surface area contributed by atoms with Crippen molar-refractivity contribution in [2.45, 2.75) is 43.5 Å². The Morgan fingerprint density at radius 2 is 1.93 bits per heavy atom. The summed E-state index contributed by atoms with van der Waals surface area (Å²) in [4.78, 5) is 15.3. The van der Waals surface area contributed by atoms with Gasteiger partial charge in [0.15, 0.2) is 5.82 Å². The minimum Gasteiger partial charge on any atom is -0.342 e. The molecule has 0 radical (unpaired) electrons. The van der Waals surface area contributed by atoms with Crippen LogP contribution in [-0.2, 0) is 0 Å². The average molecular weight is 385 g/mol. The fourth-order valence-corrected chi connectivity index (χ4v) is 4.55. The van der Waals surface area contributed by atoms with Crippen LogP contribution in [-0.4, -0.2) is 34.3 Å². The van der Waals surface area contributed by atoms with E-state index in [1.807, 2.05) is 24.5 Å². The zero-order valence-electron chi connectivity index (χ0n) is 16.0. The number of anilines is 1. The molecule has 0 atom stereocenters. The topological polar surface area (TPSA) is 44.8 Å². The molecular weight excluding hydrogens is 359 g/mol. The van der Waals surface area contributed by atoms with Crippen LogP contribution >= 0.6 is 11.8 Å². The van der Waals surface area contributed by atoms with Gasteiger partial charge in [0.1, 0.15) is 5.52 Å². The maximum Gasteiger partial charge on any atom is 0.203 e. The Kier molecular flexibility index (Phi) is 5.08. The number of hydrogen-bond donors (Lipinski definition) is 1. The van der Waals surface area contributed by atoms with Crippen LogP contribution in [0.15, 0.2) is 35.5 Å². The SMILES string of the molecule is CSc1ccncc1-c1ccc2[nH]c(N(C)C3CCC(C)CC3)nc2c1F. The largest absolute Gasteiger partial charge is 0.342 e. The first-order valence-electron chi connectivity index (χ1n) is 9.48. The van der Waals surface area contributed by atoms with Gasteiger partial charge in [0.05, 0.1) is 5.52 Å². The number of nitrogens with one attached hydrogen (secondary N) is 1. The number of aromatic nitrogens is 3. The number of nitrogens with zero attached hydrogens (tertiary/aromatic N) is 3. The maximum atomic E-state index is 15.3. The zero-order chi connectivity index (χ0) is 19.0. The van der Waals surface area contributed by atoms with Gasteiger partial charge < -0.3 is 9.88 Å². The van der Waals surface area contributed by atoms with E-state index in [0.717, 1.165) is 40.7 Å². The molecule has 142 valence electrons. The molecule has 4 rings (SSSR count). The minimum absolute atomic E-state index is 0.288. The molecule has 0 amide bonds. The summed E-state index contributed by atoms with van der Waals surface area (Å²) in [5.41, 5.74) is 2.49. The van der Waals surface area contributed by atoms with Gasteiger partial charge in [-0.25, -0.2) is 9.37 Å². The van der Waals surface area contributed by atoms with Crippen LogP contribution in [0.1, 0.15) is 32.6 Å². The fraction of sp³-hybridized carbons (Fsp3) is 0.429. The Morgan fingerprint density at radius 1 is 1.15 bits per heavy atom. The smallest absolute Gasteiger partial charge is 0.203 e. The molecule has 1 fully saturated rings. The number of aromatic amines is 1. The molecule has 0 unspecified atom stereocenters. The van der Waals surface area contributed by atoms with Crippen LogP contribution in [0.4, 0.5) is 10.3 Å². The van der Waals surface area contributed by atoms with Crippen molar-refractivity contribution in [2.75, 3.05) is 18.2 Å². The number of rotatable bonds is 4. The highest BCUT2D eigenvalue weighted by Gasteiger charge is 2.24. The third-order valence-electron chi connectivity index (χ3n) is 5.74. The van der Waals surface area contributed by atoms with E-state index in [4.69, 9.17) is 0 Å². The molecule has 0 saturated heterocycles. The summed E-state index contributed by atoms with van der Waals surface area (Å²) in [6, 6.07) is 6.11. The average Bonchev–Trinajstić information content (AvgIpc) is 3.14. The van der Waals surface area contributed by atoms with Crippen molar-refractivity contribution in [3.05, 3.63) is 36.4 Å².